The molecule has 1 atom stereocenters. The van der Waals surface area contributed by atoms with E-state index < -0.39 is 6.10 Å². The average Bonchev–Trinajstić information content (AvgIpc) is 2.55. The Balaban J connectivity index is 1.87. The summed E-state index contributed by atoms with van der Waals surface area (Å²) in [6.45, 7) is 3.46. The molecule has 0 saturated carbocycles. The van der Waals surface area contributed by atoms with Gasteiger partial charge in [0, 0.05) is 13.1 Å². The highest BCUT2D eigenvalue weighted by molar-refractivity contribution is 5.29. The second kappa shape index (κ2) is 7.81. The van der Waals surface area contributed by atoms with Crippen molar-refractivity contribution in [1.29, 1.82) is 0 Å². The van der Waals surface area contributed by atoms with Crippen molar-refractivity contribution in [2.75, 3.05) is 13.7 Å². The van der Waals surface area contributed by atoms with Crippen molar-refractivity contribution >= 4 is 0 Å². The number of benzene rings is 2. The Morgan fingerprint density at radius 1 is 1.05 bits per heavy atom. The Kier molecular flexibility index (Phi) is 5.78. The van der Waals surface area contributed by atoms with Gasteiger partial charge in [-0.3, -0.25) is 0 Å². The minimum atomic E-state index is -0.510. The molecule has 2 aromatic rings. The van der Waals surface area contributed by atoms with Gasteiger partial charge in [0.1, 0.15) is 5.75 Å². The first-order valence-electron chi connectivity index (χ1n) is 7.34. The maximum absolute atomic E-state index is 10.2. The van der Waals surface area contributed by atoms with Gasteiger partial charge in [0.25, 0.3) is 0 Å². The van der Waals surface area contributed by atoms with Crippen LogP contribution in [-0.4, -0.2) is 18.8 Å². The lowest BCUT2D eigenvalue weighted by Crippen LogP contribution is -2.21. The minimum absolute atomic E-state index is 0.510. The molecule has 3 nitrogen and oxygen atoms in total. The number of aryl methyl sites for hydroxylation is 1. The third-order valence-corrected chi connectivity index (χ3v) is 3.65. The Labute approximate surface area is 126 Å². The van der Waals surface area contributed by atoms with E-state index in [4.69, 9.17) is 4.74 Å². The summed E-state index contributed by atoms with van der Waals surface area (Å²) in [5.41, 5.74) is 3.54. The molecule has 0 fully saturated rings. The van der Waals surface area contributed by atoms with Crippen LogP contribution in [-0.2, 0) is 13.0 Å². The minimum Gasteiger partial charge on any atom is -0.497 e. The van der Waals surface area contributed by atoms with Gasteiger partial charge < -0.3 is 15.2 Å². The number of aliphatic hydroxyl groups is 1. The Hall–Kier alpha value is -1.84. The van der Waals surface area contributed by atoms with Gasteiger partial charge in [-0.2, -0.15) is 0 Å². The van der Waals surface area contributed by atoms with Gasteiger partial charge in [-0.1, -0.05) is 43.3 Å². The van der Waals surface area contributed by atoms with E-state index >= 15 is 0 Å². The molecule has 0 aromatic heterocycles. The summed E-state index contributed by atoms with van der Waals surface area (Å²) < 4.78 is 5.12. The molecule has 2 aromatic carbocycles. The third kappa shape index (κ3) is 4.31. The number of rotatable bonds is 7. The molecule has 0 aliphatic rings. The molecule has 0 amide bonds. The largest absolute Gasteiger partial charge is 0.497 e. The van der Waals surface area contributed by atoms with Crippen LogP contribution in [0.5, 0.6) is 5.75 Å². The van der Waals surface area contributed by atoms with Gasteiger partial charge in [-0.25, -0.2) is 0 Å². The van der Waals surface area contributed by atoms with Crippen molar-refractivity contribution in [3.05, 3.63) is 65.2 Å². The normalized spacial score (nSPS) is 12.1. The number of methoxy groups -OCH3 is 1. The fourth-order valence-corrected chi connectivity index (χ4v) is 2.36. The van der Waals surface area contributed by atoms with Crippen LogP contribution >= 0.6 is 0 Å². The van der Waals surface area contributed by atoms with Crippen molar-refractivity contribution < 1.29 is 9.84 Å². The van der Waals surface area contributed by atoms with Crippen LogP contribution in [0.4, 0.5) is 0 Å². The van der Waals surface area contributed by atoms with Crippen LogP contribution in [0.2, 0.25) is 0 Å². The highest BCUT2D eigenvalue weighted by atomic mass is 16.5. The molecule has 0 radical (unpaired) electrons. The van der Waals surface area contributed by atoms with E-state index in [9.17, 15) is 5.11 Å². The fraction of sp³-hybridized carbons (Fsp3) is 0.333. The van der Waals surface area contributed by atoms with Gasteiger partial charge in [-0.05, 0) is 35.2 Å². The number of ether oxygens (including phenoxy) is 1. The molecular weight excluding hydrogens is 262 g/mol. The number of hydrogen-bond donors (Lipinski definition) is 2. The van der Waals surface area contributed by atoms with Gasteiger partial charge in [0.05, 0.1) is 13.2 Å². The molecule has 2 N–H and O–H groups in total. The summed E-state index contributed by atoms with van der Waals surface area (Å²) in [6, 6.07) is 15.9. The first-order chi connectivity index (χ1) is 10.2. The van der Waals surface area contributed by atoms with Crippen LogP contribution in [0.15, 0.2) is 48.5 Å². The number of hydrogen-bond acceptors (Lipinski definition) is 3. The molecule has 3 heteroatoms. The summed E-state index contributed by atoms with van der Waals surface area (Å²) >= 11 is 0. The first kappa shape index (κ1) is 15.5. The van der Waals surface area contributed by atoms with E-state index in [1.165, 1.54) is 11.1 Å². The van der Waals surface area contributed by atoms with E-state index in [-0.39, 0.29) is 0 Å². The summed E-state index contributed by atoms with van der Waals surface area (Å²) in [4.78, 5) is 0. The lowest BCUT2D eigenvalue weighted by molar-refractivity contribution is 0.174. The predicted octanol–water partition coefficient (Wildman–Crippen LogP) is 3.08. The zero-order valence-corrected chi connectivity index (χ0v) is 12.7. The highest BCUT2D eigenvalue weighted by Crippen LogP contribution is 2.17. The van der Waals surface area contributed by atoms with Gasteiger partial charge in [-0.15, -0.1) is 0 Å². The quantitative estimate of drug-likeness (QED) is 0.821. The van der Waals surface area contributed by atoms with Crippen LogP contribution in [0.3, 0.4) is 0 Å². The van der Waals surface area contributed by atoms with Crippen molar-refractivity contribution in [3.63, 3.8) is 0 Å². The van der Waals surface area contributed by atoms with Crippen molar-refractivity contribution in [2.45, 2.75) is 26.0 Å². The molecule has 21 heavy (non-hydrogen) atoms. The highest BCUT2D eigenvalue weighted by Gasteiger charge is 2.07. The van der Waals surface area contributed by atoms with Gasteiger partial charge in [0.15, 0.2) is 0 Å². The zero-order chi connectivity index (χ0) is 15.1. The molecule has 0 bridgehead atoms. The molecule has 2 rings (SSSR count). The first-order valence-corrected chi connectivity index (χ1v) is 7.34. The molecule has 0 aliphatic heterocycles. The Morgan fingerprint density at radius 2 is 1.71 bits per heavy atom. The van der Waals surface area contributed by atoms with Gasteiger partial charge >= 0.3 is 0 Å². The summed E-state index contributed by atoms with van der Waals surface area (Å²) in [7, 11) is 1.64. The van der Waals surface area contributed by atoms with Crippen molar-refractivity contribution in [2.24, 2.45) is 0 Å². The Bertz CT molecular complexity index is 551. The van der Waals surface area contributed by atoms with Crippen molar-refractivity contribution in [3.8, 4) is 5.75 Å². The SMILES string of the molecule is CCc1ccccc1CNCC(O)c1ccc(OC)cc1. The van der Waals surface area contributed by atoms with Crippen LogP contribution in [0, 0.1) is 0 Å². The lowest BCUT2D eigenvalue weighted by Gasteiger charge is -2.14. The smallest absolute Gasteiger partial charge is 0.118 e. The monoisotopic (exact) mass is 285 g/mol. The van der Waals surface area contributed by atoms with E-state index in [2.05, 4.69) is 36.5 Å². The number of nitrogens with one attached hydrogen (secondary N) is 1. The number of aliphatic hydroxyl groups excluding tert-OH is 1. The molecule has 0 aliphatic carbocycles. The average molecular weight is 285 g/mol. The second-order valence-electron chi connectivity index (χ2n) is 5.04. The summed E-state index contributed by atoms with van der Waals surface area (Å²) in [5.74, 6) is 0.802. The van der Waals surface area contributed by atoms with Crippen LogP contribution in [0.1, 0.15) is 29.7 Å². The summed E-state index contributed by atoms with van der Waals surface area (Å²) in [6.07, 6.45) is 0.517. The molecule has 1 unspecified atom stereocenters. The van der Waals surface area contributed by atoms with Crippen molar-refractivity contribution in [1.82, 2.24) is 5.32 Å². The van der Waals surface area contributed by atoms with Gasteiger partial charge in [0.2, 0.25) is 0 Å². The molecule has 0 saturated heterocycles. The molecule has 0 heterocycles. The van der Waals surface area contributed by atoms with E-state index in [1.54, 1.807) is 7.11 Å². The topological polar surface area (TPSA) is 41.5 Å². The molecular formula is C18H23NO2. The molecule has 0 spiro atoms. The third-order valence-electron chi connectivity index (χ3n) is 3.65. The predicted molar refractivity (Wildman–Crippen MR) is 85.5 cm³/mol. The maximum atomic E-state index is 10.2. The molecule has 112 valence electrons. The summed E-state index contributed by atoms with van der Waals surface area (Å²) in [5, 5.41) is 13.5. The second-order valence-corrected chi connectivity index (χ2v) is 5.04. The van der Waals surface area contributed by atoms with E-state index in [0.717, 1.165) is 24.3 Å². The van der Waals surface area contributed by atoms with E-state index in [0.29, 0.717) is 6.54 Å². The van der Waals surface area contributed by atoms with Crippen LogP contribution in [0.25, 0.3) is 0 Å². The standard InChI is InChI=1S/C18H23NO2/c1-3-14-6-4-5-7-16(14)12-19-13-18(20)15-8-10-17(21-2)11-9-15/h4-11,18-20H,3,12-13H2,1-2H3. The maximum Gasteiger partial charge on any atom is 0.118 e. The van der Waals surface area contributed by atoms with E-state index in [1.807, 2.05) is 24.3 Å². The lowest BCUT2D eigenvalue weighted by atomic mass is 10.1. The Morgan fingerprint density at radius 3 is 2.33 bits per heavy atom. The zero-order valence-electron chi connectivity index (χ0n) is 12.7. The fourth-order valence-electron chi connectivity index (χ4n) is 2.36. The van der Waals surface area contributed by atoms with Crippen LogP contribution < -0.4 is 10.1 Å².